The number of carboxylic acid groups (broad SMARTS) is 1. The highest BCUT2D eigenvalue weighted by molar-refractivity contribution is 7.98. The maximum absolute atomic E-state index is 12.3. The maximum Gasteiger partial charge on any atom is 0.317 e. The predicted molar refractivity (Wildman–Crippen MR) is 79.1 cm³/mol. The van der Waals surface area contributed by atoms with E-state index < -0.39 is 11.9 Å². The normalized spacial score (nSPS) is 23.4. The Labute approximate surface area is 124 Å². The molecule has 3 atom stereocenters. The zero-order valence-electron chi connectivity index (χ0n) is 12.3. The number of carbonyl (C=O) groups is 2. The summed E-state index contributed by atoms with van der Waals surface area (Å²) < 4.78 is 5.23. The van der Waals surface area contributed by atoms with E-state index in [0.717, 1.165) is 12.2 Å². The van der Waals surface area contributed by atoms with Crippen LogP contribution in [0, 0.1) is 5.92 Å². The van der Waals surface area contributed by atoms with E-state index in [1.807, 2.05) is 20.1 Å². The number of carbonyl (C=O) groups excluding carboxylic acids is 1. The summed E-state index contributed by atoms with van der Waals surface area (Å²) in [5.74, 6) is -0.561. The van der Waals surface area contributed by atoms with Crippen molar-refractivity contribution in [1.82, 2.24) is 10.2 Å². The van der Waals surface area contributed by atoms with Crippen LogP contribution in [-0.4, -0.2) is 65.9 Å². The third-order valence-electron chi connectivity index (χ3n) is 3.49. The molecule has 1 aliphatic heterocycles. The largest absolute Gasteiger partial charge is 0.481 e. The average molecular weight is 304 g/mol. The van der Waals surface area contributed by atoms with Crippen molar-refractivity contribution in [2.45, 2.75) is 32.4 Å². The van der Waals surface area contributed by atoms with Gasteiger partial charge in [0.25, 0.3) is 0 Å². The number of likely N-dealkylation sites (N-methyl/N-ethyl adjacent to an activating group) is 1. The molecule has 0 spiro atoms. The quantitative estimate of drug-likeness (QED) is 0.740. The smallest absolute Gasteiger partial charge is 0.317 e. The summed E-state index contributed by atoms with van der Waals surface area (Å²) >= 11 is 1.74. The number of rotatable bonds is 7. The van der Waals surface area contributed by atoms with Crippen LogP contribution in [0.4, 0.5) is 4.79 Å². The molecule has 0 aliphatic carbocycles. The maximum atomic E-state index is 12.3. The SMILES string of the molecule is CCN(C(=O)NC(C)CCSC)C1COCC1C(=O)O. The summed E-state index contributed by atoms with van der Waals surface area (Å²) in [6, 6.07) is -0.511. The van der Waals surface area contributed by atoms with Crippen LogP contribution >= 0.6 is 11.8 Å². The molecule has 0 aromatic carbocycles. The molecule has 0 aromatic heterocycles. The second-order valence-corrected chi connectivity index (χ2v) is 5.95. The fraction of sp³-hybridized carbons (Fsp3) is 0.846. The summed E-state index contributed by atoms with van der Waals surface area (Å²) in [5.41, 5.74) is 0. The first-order chi connectivity index (χ1) is 9.51. The molecule has 1 aliphatic rings. The van der Waals surface area contributed by atoms with Gasteiger partial charge in [0.05, 0.1) is 19.3 Å². The molecule has 116 valence electrons. The Morgan fingerprint density at radius 1 is 1.50 bits per heavy atom. The van der Waals surface area contributed by atoms with Crippen molar-refractivity contribution in [3.8, 4) is 0 Å². The average Bonchev–Trinajstić information content (AvgIpc) is 2.86. The number of ether oxygens (including phenoxy) is 1. The number of hydrogen-bond acceptors (Lipinski definition) is 4. The van der Waals surface area contributed by atoms with Gasteiger partial charge in [-0.1, -0.05) is 0 Å². The van der Waals surface area contributed by atoms with Gasteiger partial charge in [0.2, 0.25) is 0 Å². The number of nitrogens with zero attached hydrogens (tertiary/aromatic N) is 1. The first kappa shape index (κ1) is 17.1. The molecule has 1 saturated heterocycles. The van der Waals surface area contributed by atoms with Crippen molar-refractivity contribution in [3.63, 3.8) is 0 Å². The predicted octanol–water partition coefficient (Wildman–Crippen LogP) is 1.26. The van der Waals surface area contributed by atoms with E-state index in [0.29, 0.717) is 6.54 Å². The number of amides is 2. The van der Waals surface area contributed by atoms with Crippen molar-refractivity contribution >= 4 is 23.8 Å². The lowest BCUT2D eigenvalue weighted by molar-refractivity contribution is -0.142. The molecule has 1 heterocycles. The number of nitrogens with one attached hydrogen (secondary N) is 1. The van der Waals surface area contributed by atoms with Crippen LogP contribution in [0.3, 0.4) is 0 Å². The molecule has 7 heteroatoms. The highest BCUT2D eigenvalue weighted by Gasteiger charge is 2.39. The number of urea groups is 1. The molecular formula is C13H24N2O4S. The monoisotopic (exact) mass is 304 g/mol. The van der Waals surface area contributed by atoms with Gasteiger partial charge in [0.1, 0.15) is 5.92 Å². The van der Waals surface area contributed by atoms with Gasteiger partial charge in [-0.2, -0.15) is 11.8 Å². The summed E-state index contributed by atoms with van der Waals surface area (Å²) in [4.78, 5) is 25.0. The zero-order chi connectivity index (χ0) is 15.1. The minimum absolute atomic E-state index is 0.0783. The van der Waals surface area contributed by atoms with Gasteiger partial charge in [-0.05, 0) is 32.3 Å². The minimum Gasteiger partial charge on any atom is -0.481 e. The van der Waals surface area contributed by atoms with Gasteiger partial charge in [0.15, 0.2) is 0 Å². The third-order valence-corrected chi connectivity index (χ3v) is 4.14. The second-order valence-electron chi connectivity index (χ2n) is 4.97. The first-order valence-corrected chi connectivity index (χ1v) is 8.27. The van der Waals surface area contributed by atoms with Gasteiger partial charge < -0.3 is 20.1 Å². The molecule has 1 rings (SSSR count). The summed E-state index contributed by atoms with van der Waals surface area (Å²) in [6.07, 6.45) is 2.92. The molecular weight excluding hydrogens is 280 g/mol. The van der Waals surface area contributed by atoms with Gasteiger partial charge >= 0.3 is 12.0 Å². The van der Waals surface area contributed by atoms with Crippen molar-refractivity contribution in [1.29, 1.82) is 0 Å². The Morgan fingerprint density at radius 2 is 2.20 bits per heavy atom. The highest BCUT2D eigenvalue weighted by atomic mass is 32.2. The van der Waals surface area contributed by atoms with Gasteiger partial charge in [0, 0.05) is 12.6 Å². The van der Waals surface area contributed by atoms with Crippen LogP contribution in [0.1, 0.15) is 20.3 Å². The van der Waals surface area contributed by atoms with Crippen molar-refractivity contribution in [2.24, 2.45) is 5.92 Å². The molecule has 1 fully saturated rings. The molecule has 0 saturated carbocycles. The Balaban J connectivity index is 2.60. The van der Waals surface area contributed by atoms with Crippen LogP contribution in [0.15, 0.2) is 0 Å². The van der Waals surface area contributed by atoms with Crippen LogP contribution in [0.5, 0.6) is 0 Å². The summed E-state index contributed by atoms with van der Waals surface area (Å²) in [7, 11) is 0. The van der Waals surface area contributed by atoms with Crippen LogP contribution in [0.2, 0.25) is 0 Å². The Hall–Kier alpha value is -0.950. The molecule has 0 radical (unpaired) electrons. The fourth-order valence-corrected chi connectivity index (χ4v) is 2.86. The molecule has 6 nitrogen and oxygen atoms in total. The number of hydrogen-bond donors (Lipinski definition) is 2. The first-order valence-electron chi connectivity index (χ1n) is 6.87. The zero-order valence-corrected chi connectivity index (χ0v) is 13.1. The molecule has 2 N–H and O–H groups in total. The Morgan fingerprint density at radius 3 is 2.75 bits per heavy atom. The summed E-state index contributed by atoms with van der Waals surface area (Å²) in [6.45, 7) is 4.74. The van der Waals surface area contributed by atoms with Crippen molar-refractivity contribution in [2.75, 3.05) is 31.8 Å². The van der Waals surface area contributed by atoms with E-state index in [-0.39, 0.29) is 31.3 Å². The van der Waals surface area contributed by atoms with E-state index in [2.05, 4.69) is 5.32 Å². The fourth-order valence-electron chi connectivity index (χ4n) is 2.28. The van der Waals surface area contributed by atoms with Crippen LogP contribution in [-0.2, 0) is 9.53 Å². The highest BCUT2D eigenvalue weighted by Crippen LogP contribution is 2.20. The van der Waals surface area contributed by atoms with Gasteiger partial charge in [-0.25, -0.2) is 4.79 Å². The standard InChI is InChI=1S/C13H24N2O4S/c1-4-15(11-8-19-7-10(11)12(16)17)13(18)14-9(2)5-6-20-3/h9-11H,4-8H2,1-3H3,(H,14,18)(H,16,17). The number of carboxylic acids is 1. The molecule has 3 unspecified atom stereocenters. The Bertz CT molecular complexity index is 340. The minimum atomic E-state index is -0.908. The van der Waals surface area contributed by atoms with E-state index in [1.54, 1.807) is 16.7 Å². The number of aliphatic carboxylic acids is 1. The second kappa shape index (κ2) is 8.36. The summed E-state index contributed by atoms with van der Waals surface area (Å²) in [5, 5.41) is 12.1. The van der Waals surface area contributed by atoms with Crippen LogP contribution < -0.4 is 5.32 Å². The lowest BCUT2D eigenvalue weighted by atomic mass is 10.0. The van der Waals surface area contributed by atoms with Crippen LogP contribution in [0.25, 0.3) is 0 Å². The topological polar surface area (TPSA) is 78.9 Å². The lowest BCUT2D eigenvalue weighted by Crippen LogP contribution is -2.52. The lowest BCUT2D eigenvalue weighted by Gasteiger charge is -2.30. The van der Waals surface area contributed by atoms with Crippen molar-refractivity contribution in [3.05, 3.63) is 0 Å². The van der Waals surface area contributed by atoms with Gasteiger partial charge in [-0.3, -0.25) is 4.79 Å². The molecule has 2 amide bonds. The van der Waals surface area contributed by atoms with E-state index in [1.165, 1.54) is 0 Å². The molecule has 0 aromatic rings. The van der Waals surface area contributed by atoms with Crippen molar-refractivity contribution < 1.29 is 19.4 Å². The molecule has 20 heavy (non-hydrogen) atoms. The van der Waals surface area contributed by atoms with E-state index >= 15 is 0 Å². The third kappa shape index (κ3) is 4.56. The van der Waals surface area contributed by atoms with E-state index in [4.69, 9.17) is 9.84 Å². The van der Waals surface area contributed by atoms with E-state index in [9.17, 15) is 9.59 Å². The Kier molecular flexibility index (Phi) is 7.15. The van der Waals surface area contributed by atoms with Gasteiger partial charge in [-0.15, -0.1) is 0 Å². The molecule has 0 bridgehead atoms. The number of thioether (sulfide) groups is 1.